The molecule has 0 atom stereocenters. The quantitative estimate of drug-likeness (QED) is 0.925. The molecule has 2 rings (SSSR count). The third kappa shape index (κ3) is 4.00. The van der Waals surface area contributed by atoms with Gasteiger partial charge in [0.15, 0.2) is 0 Å². The summed E-state index contributed by atoms with van der Waals surface area (Å²) in [5.74, 6) is 0. The Hall–Kier alpha value is -1.56. The predicted molar refractivity (Wildman–Crippen MR) is 86.1 cm³/mol. The zero-order chi connectivity index (χ0) is 16.2. The molecule has 0 aromatic heterocycles. The van der Waals surface area contributed by atoms with Crippen molar-refractivity contribution >= 4 is 16.1 Å². The molecule has 0 spiro atoms. The number of rotatable bonds is 4. The smallest absolute Gasteiger partial charge is 0.321 e. The minimum Gasteiger partial charge on any atom is -0.321 e. The number of carbonyl (C=O) groups is 1. The molecular formula is C16H24N2O3S. The Morgan fingerprint density at radius 2 is 1.77 bits per heavy atom. The van der Waals surface area contributed by atoms with Crippen LogP contribution in [0.5, 0.6) is 0 Å². The highest BCUT2D eigenvalue weighted by Gasteiger charge is 2.27. The zero-order valence-electron chi connectivity index (χ0n) is 13.2. The lowest BCUT2D eigenvalue weighted by molar-refractivity contribution is 0.165. The van der Waals surface area contributed by atoms with Gasteiger partial charge in [0, 0.05) is 12.6 Å². The highest BCUT2D eigenvalue weighted by Crippen LogP contribution is 2.22. The highest BCUT2D eigenvalue weighted by atomic mass is 32.2. The Morgan fingerprint density at radius 1 is 1.18 bits per heavy atom. The van der Waals surface area contributed by atoms with Crippen molar-refractivity contribution in [3.63, 3.8) is 0 Å². The lowest BCUT2D eigenvalue weighted by Crippen LogP contribution is -2.48. The van der Waals surface area contributed by atoms with Gasteiger partial charge in [0.1, 0.15) is 0 Å². The molecule has 0 radical (unpaired) electrons. The van der Waals surface area contributed by atoms with Crippen LogP contribution in [0.4, 0.5) is 4.79 Å². The number of hydrogen-bond acceptors (Lipinski definition) is 3. The molecule has 1 fully saturated rings. The molecule has 2 amide bonds. The van der Waals surface area contributed by atoms with Crippen molar-refractivity contribution in [1.29, 1.82) is 0 Å². The Morgan fingerprint density at radius 3 is 2.32 bits per heavy atom. The number of nitrogens with zero attached hydrogens (tertiary/aromatic N) is 1. The molecule has 0 bridgehead atoms. The molecule has 0 heterocycles. The lowest BCUT2D eigenvalue weighted by Gasteiger charge is -2.33. The average molecular weight is 324 g/mol. The van der Waals surface area contributed by atoms with Gasteiger partial charge in [-0.25, -0.2) is 17.9 Å². The first-order valence-corrected chi connectivity index (χ1v) is 9.32. The third-order valence-electron chi connectivity index (χ3n) is 4.17. The van der Waals surface area contributed by atoms with Crippen LogP contribution in [-0.2, 0) is 10.0 Å². The number of hydrogen-bond donors (Lipinski definition) is 1. The van der Waals surface area contributed by atoms with Gasteiger partial charge in [0.05, 0.1) is 4.90 Å². The second kappa shape index (κ2) is 7.13. The summed E-state index contributed by atoms with van der Waals surface area (Å²) in [5, 5.41) is 0. The molecule has 22 heavy (non-hydrogen) atoms. The summed E-state index contributed by atoms with van der Waals surface area (Å²) in [4.78, 5) is 14.1. The van der Waals surface area contributed by atoms with Gasteiger partial charge in [-0.2, -0.15) is 0 Å². The summed E-state index contributed by atoms with van der Waals surface area (Å²) < 4.78 is 26.8. The molecule has 1 aliphatic rings. The van der Waals surface area contributed by atoms with Gasteiger partial charge < -0.3 is 4.90 Å². The number of nitrogens with one attached hydrogen (secondary N) is 1. The fourth-order valence-corrected chi connectivity index (χ4v) is 3.87. The number of carbonyl (C=O) groups excluding carboxylic acids is 1. The highest BCUT2D eigenvalue weighted by molar-refractivity contribution is 7.90. The molecule has 0 aliphatic heterocycles. The summed E-state index contributed by atoms with van der Waals surface area (Å²) in [7, 11) is -3.81. The first-order chi connectivity index (χ1) is 10.4. The van der Waals surface area contributed by atoms with Gasteiger partial charge in [-0.1, -0.05) is 37.0 Å². The van der Waals surface area contributed by atoms with Gasteiger partial charge in [0.2, 0.25) is 0 Å². The Labute approximate surface area is 132 Å². The van der Waals surface area contributed by atoms with E-state index in [2.05, 4.69) is 4.72 Å². The van der Waals surface area contributed by atoms with Gasteiger partial charge in [0.25, 0.3) is 10.0 Å². The van der Waals surface area contributed by atoms with Crippen molar-refractivity contribution in [3.05, 3.63) is 29.8 Å². The van der Waals surface area contributed by atoms with Crippen LogP contribution in [-0.4, -0.2) is 31.9 Å². The average Bonchev–Trinajstić information content (AvgIpc) is 2.49. The first kappa shape index (κ1) is 16.8. The van der Waals surface area contributed by atoms with Crippen molar-refractivity contribution < 1.29 is 13.2 Å². The van der Waals surface area contributed by atoms with E-state index >= 15 is 0 Å². The summed E-state index contributed by atoms with van der Waals surface area (Å²) in [6.07, 6.45) is 5.29. The topological polar surface area (TPSA) is 66.5 Å². The van der Waals surface area contributed by atoms with Crippen molar-refractivity contribution in [1.82, 2.24) is 9.62 Å². The maximum Gasteiger partial charge on any atom is 0.331 e. The molecule has 6 heteroatoms. The molecule has 1 aromatic carbocycles. The van der Waals surface area contributed by atoms with E-state index in [9.17, 15) is 13.2 Å². The van der Waals surface area contributed by atoms with E-state index in [1.807, 2.05) is 13.8 Å². The van der Waals surface area contributed by atoms with Gasteiger partial charge in [-0.05, 0) is 38.8 Å². The largest absolute Gasteiger partial charge is 0.331 e. The van der Waals surface area contributed by atoms with Gasteiger partial charge in [-0.15, -0.1) is 0 Å². The summed E-state index contributed by atoms with van der Waals surface area (Å²) in [5.41, 5.74) is 0.975. The van der Waals surface area contributed by atoms with Crippen LogP contribution >= 0.6 is 0 Å². The van der Waals surface area contributed by atoms with Crippen LogP contribution in [0.3, 0.4) is 0 Å². The van der Waals surface area contributed by atoms with Crippen molar-refractivity contribution in [2.75, 3.05) is 6.54 Å². The van der Waals surface area contributed by atoms with Crippen LogP contribution in [0.1, 0.15) is 44.6 Å². The molecule has 5 nitrogen and oxygen atoms in total. The molecule has 1 N–H and O–H groups in total. The van der Waals surface area contributed by atoms with Gasteiger partial charge >= 0.3 is 6.03 Å². The number of aryl methyl sites for hydroxylation is 1. The lowest BCUT2D eigenvalue weighted by atomic mass is 9.94. The maximum atomic E-state index is 12.4. The first-order valence-electron chi connectivity index (χ1n) is 7.84. The van der Waals surface area contributed by atoms with E-state index in [0.717, 1.165) is 31.2 Å². The van der Waals surface area contributed by atoms with Crippen LogP contribution in [0.15, 0.2) is 29.2 Å². The minimum absolute atomic E-state index is 0.117. The molecule has 0 unspecified atom stereocenters. The molecule has 1 aliphatic carbocycles. The van der Waals surface area contributed by atoms with Crippen molar-refractivity contribution in [3.8, 4) is 0 Å². The summed E-state index contributed by atoms with van der Waals surface area (Å²) in [6, 6.07) is 6.10. The predicted octanol–water partition coefficient (Wildman–Crippen LogP) is 3.05. The van der Waals surface area contributed by atoms with E-state index < -0.39 is 16.1 Å². The fourth-order valence-electron chi connectivity index (χ4n) is 2.91. The minimum atomic E-state index is -3.81. The number of amides is 2. The second-order valence-corrected chi connectivity index (χ2v) is 7.48. The van der Waals surface area contributed by atoms with Crippen molar-refractivity contribution in [2.45, 2.75) is 56.9 Å². The van der Waals surface area contributed by atoms with Crippen molar-refractivity contribution in [2.24, 2.45) is 0 Å². The zero-order valence-corrected chi connectivity index (χ0v) is 14.0. The number of sulfonamides is 1. The number of benzene rings is 1. The second-order valence-electron chi connectivity index (χ2n) is 5.80. The molecule has 0 saturated heterocycles. The third-order valence-corrected chi connectivity index (χ3v) is 5.51. The van der Waals surface area contributed by atoms with E-state index in [0.29, 0.717) is 6.54 Å². The van der Waals surface area contributed by atoms with E-state index in [1.165, 1.54) is 18.6 Å². The number of urea groups is 1. The molecule has 1 aromatic rings. The summed E-state index contributed by atoms with van der Waals surface area (Å²) >= 11 is 0. The van der Waals surface area contributed by atoms with E-state index in [1.54, 1.807) is 17.0 Å². The normalized spacial score (nSPS) is 16.3. The maximum absolute atomic E-state index is 12.4. The Bertz CT molecular complexity index is 605. The SMILES string of the molecule is CCN(C(=O)NS(=O)(=O)c1ccc(C)cc1)C1CCCCC1. The van der Waals surface area contributed by atoms with Crippen LogP contribution < -0.4 is 4.72 Å². The molecule has 122 valence electrons. The molecule has 1 saturated carbocycles. The van der Waals surface area contributed by atoms with Crippen LogP contribution in [0.2, 0.25) is 0 Å². The summed E-state index contributed by atoms with van der Waals surface area (Å²) in [6.45, 7) is 4.28. The van der Waals surface area contributed by atoms with E-state index in [4.69, 9.17) is 0 Å². The monoisotopic (exact) mass is 324 g/mol. The Balaban J connectivity index is 2.09. The fraction of sp³-hybridized carbons (Fsp3) is 0.562. The van der Waals surface area contributed by atoms with Crippen LogP contribution in [0, 0.1) is 6.92 Å². The van der Waals surface area contributed by atoms with Gasteiger partial charge in [-0.3, -0.25) is 0 Å². The Kier molecular flexibility index (Phi) is 5.45. The van der Waals surface area contributed by atoms with E-state index in [-0.39, 0.29) is 10.9 Å². The molecular weight excluding hydrogens is 300 g/mol. The standard InChI is InChI=1S/C16H24N2O3S/c1-3-18(14-7-5-4-6-8-14)16(19)17-22(20,21)15-11-9-13(2)10-12-15/h9-12,14H,3-8H2,1-2H3,(H,17,19). The van der Waals surface area contributed by atoms with Crippen LogP contribution in [0.25, 0.3) is 0 Å².